The standard InChI is InChI=1S/C18H20N2O3S2/c1-4-20-16-10-9-14(11-17(16)24-18(20)21)25(22,23)19-13(3)15-8-6-5-7-12(15)2/h5-11,13,19H,4H2,1-3H3/t13-/m0/s1. The van der Waals surface area contributed by atoms with Crippen LogP contribution in [0.3, 0.4) is 0 Å². The number of sulfonamides is 1. The van der Waals surface area contributed by atoms with Crippen molar-refractivity contribution in [3.63, 3.8) is 0 Å². The van der Waals surface area contributed by atoms with Crippen LogP contribution in [0.25, 0.3) is 10.2 Å². The highest BCUT2D eigenvalue weighted by molar-refractivity contribution is 7.89. The Kier molecular flexibility index (Phi) is 4.81. The van der Waals surface area contributed by atoms with Crippen LogP contribution in [0.5, 0.6) is 0 Å². The number of hydrogen-bond acceptors (Lipinski definition) is 4. The third-order valence-corrected chi connectivity index (χ3v) is 6.73. The fourth-order valence-corrected chi connectivity index (χ4v) is 5.27. The molecule has 3 rings (SSSR count). The first kappa shape index (κ1) is 17.8. The van der Waals surface area contributed by atoms with E-state index in [1.165, 1.54) is 0 Å². The zero-order valence-electron chi connectivity index (χ0n) is 14.3. The van der Waals surface area contributed by atoms with Gasteiger partial charge in [-0.05, 0) is 50.1 Å². The molecule has 0 unspecified atom stereocenters. The highest BCUT2D eigenvalue weighted by atomic mass is 32.2. The first-order chi connectivity index (χ1) is 11.8. The SMILES string of the molecule is CCn1c(=O)sc2cc(S(=O)(=O)N[C@@H](C)c3ccccc3C)ccc21. The maximum atomic E-state index is 12.7. The molecule has 0 radical (unpaired) electrons. The molecule has 0 aliphatic heterocycles. The number of thiazole rings is 1. The third-order valence-electron chi connectivity index (χ3n) is 4.25. The highest BCUT2D eigenvalue weighted by Crippen LogP contribution is 2.24. The van der Waals surface area contributed by atoms with Gasteiger partial charge in [-0.15, -0.1) is 0 Å². The van der Waals surface area contributed by atoms with Crippen molar-refractivity contribution in [1.82, 2.24) is 9.29 Å². The summed E-state index contributed by atoms with van der Waals surface area (Å²) in [6, 6.07) is 12.2. The summed E-state index contributed by atoms with van der Waals surface area (Å²) in [5, 5.41) is 0. The average molecular weight is 377 g/mol. The lowest BCUT2D eigenvalue weighted by molar-refractivity contribution is 0.566. The molecule has 0 aliphatic rings. The average Bonchev–Trinajstić information content (AvgIpc) is 2.88. The minimum absolute atomic E-state index is 0.0757. The van der Waals surface area contributed by atoms with Crippen LogP contribution in [0.4, 0.5) is 0 Å². The zero-order chi connectivity index (χ0) is 18.2. The fraction of sp³-hybridized carbons (Fsp3) is 0.278. The van der Waals surface area contributed by atoms with Crippen LogP contribution in [-0.4, -0.2) is 13.0 Å². The minimum Gasteiger partial charge on any atom is -0.299 e. The van der Waals surface area contributed by atoms with Crippen molar-refractivity contribution in [2.75, 3.05) is 0 Å². The molecule has 25 heavy (non-hydrogen) atoms. The lowest BCUT2D eigenvalue weighted by atomic mass is 10.0. The van der Waals surface area contributed by atoms with Gasteiger partial charge in [0.15, 0.2) is 0 Å². The van der Waals surface area contributed by atoms with Gasteiger partial charge in [-0.3, -0.25) is 9.36 Å². The Labute approximate surface area is 151 Å². The Balaban J connectivity index is 1.96. The minimum atomic E-state index is -3.68. The molecule has 0 fully saturated rings. The summed E-state index contributed by atoms with van der Waals surface area (Å²) in [5.41, 5.74) is 2.74. The second-order valence-electron chi connectivity index (χ2n) is 5.94. The van der Waals surface area contributed by atoms with Crippen molar-refractivity contribution in [2.24, 2.45) is 0 Å². The van der Waals surface area contributed by atoms with Gasteiger partial charge in [0.05, 0.1) is 15.1 Å². The van der Waals surface area contributed by atoms with Crippen molar-refractivity contribution in [3.05, 3.63) is 63.3 Å². The molecule has 1 heterocycles. The number of fused-ring (bicyclic) bond motifs is 1. The van der Waals surface area contributed by atoms with E-state index < -0.39 is 10.0 Å². The summed E-state index contributed by atoms with van der Waals surface area (Å²) in [5.74, 6) is 0. The van der Waals surface area contributed by atoms with Crippen molar-refractivity contribution in [2.45, 2.75) is 38.3 Å². The monoisotopic (exact) mass is 376 g/mol. The van der Waals surface area contributed by atoms with Gasteiger partial charge in [-0.1, -0.05) is 35.6 Å². The molecule has 3 aromatic rings. The number of rotatable bonds is 5. The number of hydrogen-bond donors (Lipinski definition) is 1. The zero-order valence-corrected chi connectivity index (χ0v) is 15.9. The van der Waals surface area contributed by atoms with Gasteiger partial charge < -0.3 is 0 Å². The molecule has 0 amide bonds. The largest absolute Gasteiger partial charge is 0.308 e. The van der Waals surface area contributed by atoms with E-state index in [1.807, 2.05) is 45.0 Å². The summed E-state index contributed by atoms with van der Waals surface area (Å²) in [7, 11) is -3.68. The quantitative estimate of drug-likeness (QED) is 0.742. The molecular weight excluding hydrogens is 356 g/mol. The smallest absolute Gasteiger partial charge is 0.299 e. The van der Waals surface area contributed by atoms with Crippen molar-refractivity contribution >= 4 is 31.6 Å². The van der Waals surface area contributed by atoms with E-state index in [0.717, 1.165) is 28.0 Å². The van der Waals surface area contributed by atoms with E-state index in [2.05, 4.69) is 4.72 Å². The number of nitrogens with one attached hydrogen (secondary N) is 1. The summed E-state index contributed by atoms with van der Waals surface area (Å²) in [6.45, 7) is 6.23. The molecule has 5 nitrogen and oxygen atoms in total. The predicted octanol–water partition coefficient (Wildman–Crippen LogP) is 3.43. The Morgan fingerprint density at radius 3 is 2.60 bits per heavy atom. The summed E-state index contributed by atoms with van der Waals surface area (Å²) < 4.78 is 30.5. The molecule has 0 aliphatic carbocycles. The van der Waals surface area contributed by atoms with Crippen molar-refractivity contribution < 1.29 is 8.42 Å². The first-order valence-corrected chi connectivity index (χ1v) is 10.3. The normalized spacial score (nSPS) is 13.2. The summed E-state index contributed by atoms with van der Waals surface area (Å²) >= 11 is 1.07. The van der Waals surface area contributed by atoms with E-state index >= 15 is 0 Å². The molecule has 132 valence electrons. The van der Waals surface area contributed by atoms with Crippen LogP contribution in [0.1, 0.15) is 31.0 Å². The van der Waals surface area contributed by atoms with E-state index in [4.69, 9.17) is 0 Å². The van der Waals surface area contributed by atoms with Crippen molar-refractivity contribution in [1.29, 1.82) is 0 Å². The van der Waals surface area contributed by atoms with Gasteiger partial charge in [0.2, 0.25) is 10.0 Å². The molecule has 7 heteroatoms. The first-order valence-electron chi connectivity index (χ1n) is 8.04. The number of nitrogens with zero attached hydrogens (tertiary/aromatic N) is 1. The topological polar surface area (TPSA) is 68.2 Å². The highest BCUT2D eigenvalue weighted by Gasteiger charge is 2.20. The van der Waals surface area contributed by atoms with Crippen LogP contribution in [0, 0.1) is 6.92 Å². The molecule has 0 bridgehead atoms. The number of aromatic nitrogens is 1. The van der Waals surface area contributed by atoms with Crippen LogP contribution < -0.4 is 9.60 Å². The summed E-state index contributed by atoms with van der Waals surface area (Å²) in [6.07, 6.45) is 0. The maximum Gasteiger partial charge on any atom is 0.308 e. The molecular formula is C18H20N2O3S2. The van der Waals surface area contributed by atoms with Gasteiger partial charge in [0.1, 0.15) is 0 Å². The molecule has 0 saturated heterocycles. The van der Waals surface area contributed by atoms with Crippen LogP contribution >= 0.6 is 11.3 Å². The van der Waals surface area contributed by atoms with Crippen LogP contribution in [-0.2, 0) is 16.6 Å². The Morgan fingerprint density at radius 2 is 1.92 bits per heavy atom. The Hall–Kier alpha value is -1.96. The van der Waals surface area contributed by atoms with Gasteiger partial charge >= 0.3 is 4.87 Å². The van der Waals surface area contributed by atoms with Gasteiger partial charge in [-0.25, -0.2) is 13.1 Å². The lowest BCUT2D eigenvalue weighted by Crippen LogP contribution is -2.27. The Morgan fingerprint density at radius 1 is 1.20 bits per heavy atom. The van der Waals surface area contributed by atoms with Crippen LogP contribution in [0.15, 0.2) is 52.2 Å². The molecule has 0 spiro atoms. The number of benzene rings is 2. The number of aryl methyl sites for hydroxylation is 2. The fourth-order valence-electron chi connectivity index (χ4n) is 2.95. The van der Waals surface area contributed by atoms with E-state index in [-0.39, 0.29) is 15.8 Å². The maximum absolute atomic E-state index is 12.7. The second kappa shape index (κ2) is 6.74. The Bertz CT molecular complexity index is 1080. The van der Waals surface area contributed by atoms with Crippen molar-refractivity contribution in [3.8, 4) is 0 Å². The van der Waals surface area contributed by atoms with Gasteiger partial charge in [0.25, 0.3) is 0 Å². The second-order valence-corrected chi connectivity index (χ2v) is 8.65. The van der Waals surface area contributed by atoms with E-state index in [1.54, 1.807) is 22.8 Å². The molecule has 0 saturated carbocycles. The predicted molar refractivity (Wildman–Crippen MR) is 102 cm³/mol. The molecule has 1 atom stereocenters. The van der Waals surface area contributed by atoms with E-state index in [9.17, 15) is 13.2 Å². The third kappa shape index (κ3) is 3.40. The van der Waals surface area contributed by atoms with Gasteiger partial charge in [-0.2, -0.15) is 0 Å². The summed E-state index contributed by atoms with van der Waals surface area (Å²) in [4.78, 5) is 12.0. The van der Waals surface area contributed by atoms with Gasteiger partial charge in [0, 0.05) is 12.6 Å². The van der Waals surface area contributed by atoms with Crippen LogP contribution in [0.2, 0.25) is 0 Å². The molecule has 1 N–H and O–H groups in total. The lowest BCUT2D eigenvalue weighted by Gasteiger charge is -2.16. The molecule has 1 aromatic heterocycles. The van der Waals surface area contributed by atoms with E-state index in [0.29, 0.717) is 11.2 Å². The molecule has 2 aromatic carbocycles.